The van der Waals surface area contributed by atoms with E-state index in [0.717, 1.165) is 12.8 Å². The van der Waals surface area contributed by atoms with Crippen LogP contribution in [0.5, 0.6) is 0 Å². The second kappa shape index (κ2) is 7.46. The standard InChI is InChI=1S/C17H27BrN2/c1-3-14(19)11-13-8-9-17(16(18)12-13)20-10-6-5-7-15(20)4-2/h8-9,12,14-15H,3-7,10-11,19H2,1-2H3. The van der Waals surface area contributed by atoms with E-state index >= 15 is 0 Å². The normalized spacial score (nSPS) is 21.0. The molecule has 0 amide bonds. The quantitative estimate of drug-likeness (QED) is 0.856. The molecule has 0 saturated carbocycles. The van der Waals surface area contributed by atoms with Crippen LogP contribution in [0.25, 0.3) is 0 Å². The van der Waals surface area contributed by atoms with Crippen LogP contribution in [0, 0.1) is 0 Å². The summed E-state index contributed by atoms with van der Waals surface area (Å²) in [4.78, 5) is 2.58. The van der Waals surface area contributed by atoms with Gasteiger partial charge in [0, 0.05) is 23.1 Å². The van der Waals surface area contributed by atoms with Crippen molar-refractivity contribution < 1.29 is 0 Å². The van der Waals surface area contributed by atoms with Gasteiger partial charge in [0.05, 0.1) is 5.69 Å². The maximum Gasteiger partial charge on any atom is 0.0513 e. The van der Waals surface area contributed by atoms with Gasteiger partial charge in [0.1, 0.15) is 0 Å². The van der Waals surface area contributed by atoms with Gasteiger partial charge in [-0.2, -0.15) is 0 Å². The van der Waals surface area contributed by atoms with Gasteiger partial charge in [-0.15, -0.1) is 0 Å². The van der Waals surface area contributed by atoms with E-state index in [1.54, 1.807) is 0 Å². The van der Waals surface area contributed by atoms with Gasteiger partial charge in [-0.25, -0.2) is 0 Å². The minimum absolute atomic E-state index is 0.270. The molecule has 20 heavy (non-hydrogen) atoms. The third-order valence-corrected chi connectivity index (χ3v) is 5.08. The number of hydrogen-bond acceptors (Lipinski definition) is 2. The average molecular weight is 339 g/mol. The fraction of sp³-hybridized carbons (Fsp3) is 0.647. The molecule has 2 unspecified atom stereocenters. The van der Waals surface area contributed by atoms with Crippen LogP contribution in [-0.2, 0) is 6.42 Å². The Morgan fingerprint density at radius 2 is 2.15 bits per heavy atom. The van der Waals surface area contributed by atoms with Crippen LogP contribution in [-0.4, -0.2) is 18.6 Å². The number of anilines is 1. The number of benzene rings is 1. The Balaban J connectivity index is 2.16. The Morgan fingerprint density at radius 3 is 2.80 bits per heavy atom. The third kappa shape index (κ3) is 3.76. The maximum atomic E-state index is 6.05. The van der Waals surface area contributed by atoms with Crippen LogP contribution in [0.3, 0.4) is 0 Å². The van der Waals surface area contributed by atoms with Crippen molar-refractivity contribution in [2.75, 3.05) is 11.4 Å². The molecule has 1 aromatic carbocycles. The number of halogens is 1. The summed E-state index contributed by atoms with van der Waals surface area (Å²) < 4.78 is 1.22. The lowest BCUT2D eigenvalue weighted by Crippen LogP contribution is -2.39. The van der Waals surface area contributed by atoms with Crippen molar-refractivity contribution in [3.05, 3.63) is 28.2 Å². The summed E-state index contributed by atoms with van der Waals surface area (Å²) in [6, 6.07) is 7.74. The zero-order valence-electron chi connectivity index (χ0n) is 12.7. The molecule has 1 aromatic rings. The summed E-state index contributed by atoms with van der Waals surface area (Å²) in [5.74, 6) is 0. The summed E-state index contributed by atoms with van der Waals surface area (Å²) >= 11 is 3.77. The van der Waals surface area contributed by atoms with Gasteiger partial charge in [-0.05, 0) is 72.2 Å². The van der Waals surface area contributed by atoms with Crippen LogP contribution in [0.15, 0.2) is 22.7 Å². The Bertz CT molecular complexity index is 433. The van der Waals surface area contributed by atoms with Crippen molar-refractivity contribution in [1.29, 1.82) is 0 Å². The average Bonchev–Trinajstić information content (AvgIpc) is 2.47. The van der Waals surface area contributed by atoms with Gasteiger partial charge < -0.3 is 10.6 Å². The molecule has 1 saturated heterocycles. The Hall–Kier alpha value is -0.540. The first kappa shape index (κ1) is 15.8. The van der Waals surface area contributed by atoms with Gasteiger partial charge in [0.2, 0.25) is 0 Å². The Kier molecular flexibility index (Phi) is 5.91. The van der Waals surface area contributed by atoms with E-state index in [4.69, 9.17) is 5.73 Å². The smallest absolute Gasteiger partial charge is 0.0513 e. The lowest BCUT2D eigenvalue weighted by molar-refractivity contribution is 0.449. The predicted octanol–water partition coefficient (Wildman–Crippen LogP) is 4.50. The van der Waals surface area contributed by atoms with Crippen molar-refractivity contribution in [3.8, 4) is 0 Å². The molecule has 2 rings (SSSR count). The van der Waals surface area contributed by atoms with E-state index in [9.17, 15) is 0 Å². The van der Waals surface area contributed by atoms with E-state index in [2.05, 4.69) is 52.9 Å². The third-order valence-electron chi connectivity index (χ3n) is 4.44. The molecule has 1 aliphatic rings. The van der Waals surface area contributed by atoms with E-state index in [1.807, 2.05) is 0 Å². The van der Waals surface area contributed by atoms with Crippen LogP contribution in [0.2, 0.25) is 0 Å². The molecule has 0 aromatic heterocycles. The summed E-state index contributed by atoms with van der Waals surface area (Å²) in [5, 5.41) is 0. The molecule has 2 nitrogen and oxygen atoms in total. The highest BCUT2D eigenvalue weighted by Gasteiger charge is 2.22. The van der Waals surface area contributed by atoms with Crippen molar-refractivity contribution in [2.45, 2.75) is 64.5 Å². The molecule has 1 fully saturated rings. The molecule has 2 N–H and O–H groups in total. The van der Waals surface area contributed by atoms with E-state index in [-0.39, 0.29) is 6.04 Å². The zero-order valence-corrected chi connectivity index (χ0v) is 14.3. The number of nitrogens with two attached hydrogens (primary N) is 1. The van der Waals surface area contributed by atoms with Crippen LogP contribution < -0.4 is 10.6 Å². The first-order valence-electron chi connectivity index (χ1n) is 7.96. The van der Waals surface area contributed by atoms with Crippen LogP contribution >= 0.6 is 15.9 Å². The second-order valence-electron chi connectivity index (χ2n) is 5.91. The highest BCUT2D eigenvalue weighted by molar-refractivity contribution is 9.10. The van der Waals surface area contributed by atoms with Crippen molar-refractivity contribution in [2.24, 2.45) is 5.73 Å². The largest absolute Gasteiger partial charge is 0.368 e. The number of hydrogen-bond donors (Lipinski definition) is 1. The minimum Gasteiger partial charge on any atom is -0.368 e. The van der Waals surface area contributed by atoms with Crippen LogP contribution in [0.4, 0.5) is 5.69 Å². The Labute approximate surface area is 131 Å². The van der Waals surface area contributed by atoms with Gasteiger partial charge >= 0.3 is 0 Å². The number of rotatable bonds is 5. The maximum absolute atomic E-state index is 6.05. The molecule has 0 radical (unpaired) electrons. The molecule has 1 heterocycles. The number of piperidine rings is 1. The number of nitrogens with zero attached hydrogens (tertiary/aromatic N) is 1. The molecule has 2 atom stereocenters. The molecule has 3 heteroatoms. The highest BCUT2D eigenvalue weighted by Crippen LogP contribution is 2.33. The lowest BCUT2D eigenvalue weighted by Gasteiger charge is -2.38. The summed E-state index contributed by atoms with van der Waals surface area (Å²) in [6.45, 7) is 5.63. The minimum atomic E-state index is 0.270. The first-order chi connectivity index (χ1) is 9.65. The summed E-state index contributed by atoms with van der Waals surface area (Å²) in [6.07, 6.45) is 7.23. The molecule has 1 aliphatic heterocycles. The fourth-order valence-corrected chi connectivity index (χ4v) is 3.75. The highest BCUT2D eigenvalue weighted by atomic mass is 79.9. The van der Waals surface area contributed by atoms with Gasteiger partial charge in [-0.3, -0.25) is 0 Å². The second-order valence-corrected chi connectivity index (χ2v) is 6.76. The first-order valence-corrected chi connectivity index (χ1v) is 8.75. The van der Waals surface area contributed by atoms with Gasteiger partial charge in [0.25, 0.3) is 0 Å². The van der Waals surface area contributed by atoms with Crippen molar-refractivity contribution in [1.82, 2.24) is 0 Å². The molecule has 0 bridgehead atoms. The van der Waals surface area contributed by atoms with E-state index in [1.165, 1.54) is 48.0 Å². The molecule has 0 aliphatic carbocycles. The van der Waals surface area contributed by atoms with Gasteiger partial charge in [-0.1, -0.05) is 19.9 Å². The monoisotopic (exact) mass is 338 g/mol. The summed E-state index contributed by atoms with van der Waals surface area (Å²) in [7, 11) is 0. The van der Waals surface area contributed by atoms with E-state index in [0.29, 0.717) is 6.04 Å². The van der Waals surface area contributed by atoms with Crippen molar-refractivity contribution >= 4 is 21.6 Å². The molecular weight excluding hydrogens is 312 g/mol. The topological polar surface area (TPSA) is 29.3 Å². The zero-order chi connectivity index (χ0) is 14.5. The molecular formula is C17H27BrN2. The summed E-state index contributed by atoms with van der Waals surface area (Å²) in [5.41, 5.74) is 8.74. The molecule has 0 spiro atoms. The predicted molar refractivity (Wildman–Crippen MR) is 91.4 cm³/mol. The Morgan fingerprint density at radius 1 is 1.35 bits per heavy atom. The van der Waals surface area contributed by atoms with E-state index < -0.39 is 0 Å². The van der Waals surface area contributed by atoms with Crippen LogP contribution in [0.1, 0.15) is 51.5 Å². The fourth-order valence-electron chi connectivity index (χ4n) is 3.10. The lowest BCUT2D eigenvalue weighted by atomic mass is 9.98. The SMILES string of the molecule is CCC(N)Cc1ccc(N2CCCCC2CC)c(Br)c1. The molecule has 112 valence electrons. The van der Waals surface area contributed by atoms with Gasteiger partial charge in [0.15, 0.2) is 0 Å². The van der Waals surface area contributed by atoms with Crippen molar-refractivity contribution in [3.63, 3.8) is 0 Å².